The summed E-state index contributed by atoms with van der Waals surface area (Å²) in [7, 11) is 0. The van der Waals surface area contributed by atoms with Gasteiger partial charge < -0.3 is 14.2 Å². The number of rotatable bonds is 4. The summed E-state index contributed by atoms with van der Waals surface area (Å²) >= 11 is 0. The zero-order valence-electron chi connectivity index (χ0n) is 11.0. The van der Waals surface area contributed by atoms with Gasteiger partial charge in [-0.05, 0) is 38.1 Å². The molecule has 0 saturated carbocycles. The van der Waals surface area contributed by atoms with E-state index >= 15 is 0 Å². The molecule has 0 aliphatic carbocycles. The Kier molecular flexibility index (Phi) is 5.16. The summed E-state index contributed by atoms with van der Waals surface area (Å²) in [5.41, 5.74) is 0. The number of nitrogens with zero attached hydrogens (tertiary/aromatic N) is 1. The Labute approximate surface area is 120 Å². The molecular formula is C14H20ClNO3. The van der Waals surface area contributed by atoms with Crippen LogP contribution >= 0.6 is 12.4 Å². The molecule has 0 N–H and O–H groups in total. The monoisotopic (exact) mass is 285 g/mol. The standard InChI is InChI=1S/C14H19NO3.ClH/c1-2-6-15(5-1)7-8-16-12-3-4-13-14(11-12)18-10-9-17-13;/h3-4,11H,1-2,5-10H2;1H. The normalized spacial score (nSPS) is 17.9. The average Bonchev–Trinajstić information content (AvgIpc) is 2.92. The van der Waals surface area contributed by atoms with E-state index in [1.54, 1.807) is 0 Å². The molecule has 0 unspecified atom stereocenters. The molecule has 0 spiro atoms. The van der Waals surface area contributed by atoms with E-state index in [0.29, 0.717) is 13.2 Å². The van der Waals surface area contributed by atoms with Crippen LogP contribution in [0.4, 0.5) is 0 Å². The van der Waals surface area contributed by atoms with Crippen molar-refractivity contribution in [2.24, 2.45) is 0 Å². The van der Waals surface area contributed by atoms with Gasteiger partial charge in [0.25, 0.3) is 0 Å². The Morgan fingerprint density at radius 2 is 1.79 bits per heavy atom. The second-order valence-corrected chi connectivity index (χ2v) is 4.70. The third-order valence-corrected chi connectivity index (χ3v) is 3.39. The van der Waals surface area contributed by atoms with E-state index in [1.165, 1.54) is 25.9 Å². The molecule has 0 aromatic heterocycles. The molecule has 0 amide bonds. The van der Waals surface area contributed by atoms with E-state index in [0.717, 1.165) is 30.4 Å². The molecule has 19 heavy (non-hydrogen) atoms. The lowest BCUT2D eigenvalue weighted by molar-refractivity contribution is 0.170. The first-order valence-electron chi connectivity index (χ1n) is 6.67. The highest BCUT2D eigenvalue weighted by Crippen LogP contribution is 2.33. The zero-order chi connectivity index (χ0) is 12.2. The van der Waals surface area contributed by atoms with E-state index in [4.69, 9.17) is 14.2 Å². The molecule has 0 bridgehead atoms. The van der Waals surface area contributed by atoms with E-state index in [-0.39, 0.29) is 12.4 Å². The maximum atomic E-state index is 5.76. The molecule has 106 valence electrons. The van der Waals surface area contributed by atoms with Crippen molar-refractivity contribution in [3.8, 4) is 17.2 Å². The molecule has 1 aromatic carbocycles. The maximum Gasteiger partial charge on any atom is 0.165 e. The van der Waals surface area contributed by atoms with E-state index < -0.39 is 0 Å². The first-order chi connectivity index (χ1) is 8.92. The first kappa shape index (κ1) is 14.3. The van der Waals surface area contributed by atoms with Gasteiger partial charge in [0.2, 0.25) is 0 Å². The Morgan fingerprint density at radius 3 is 2.58 bits per heavy atom. The smallest absolute Gasteiger partial charge is 0.165 e. The Balaban J connectivity index is 0.00000133. The molecule has 1 saturated heterocycles. The molecule has 2 aliphatic heterocycles. The SMILES string of the molecule is Cl.c1cc2c(cc1OCCN1CCCC1)OCCO2. The van der Waals surface area contributed by atoms with Crippen LogP contribution in [0.3, 0.4) is 0 Å². The van der Waals surface area contributed by atoms with Gasteiger partial charge in [-0.1, -0.05) is 0 Å². The highest BCUT2D eigenvalue weighted by molar-refractivity contribution is 5.85. The number of halogens is 1. The van der Waals surface area contributed by atoms with Crippen LogP contribution in [0.1, 0.15) is 12.8 Å². The number of hydrogen-bond acceptors (Lipinski definition) is 4. The molecule has 5 heteroatoms. The number of hydrogen-bond donors (Lipinski definition) is 0. The molecule has 4 nitrogen and oxygen atoms in total. The van der Waals surface area contributed by atoms with Crippen molar-refractivity contribution in [3.05, 3.63) is 18.2 Å². The quantitative estimate of drug-likeness (QED) is 0.850. The van der Waals surface area contributed by atoms with Gasteiger partial charge in [-0.3, -0.25) is 4.90 Å². The van der Waals surface area contributed by atoms with Gasteiger partial charge in [0.05, 0.1) is 0 Å². The second-order valence-electron chi connectivity index (χ2n) is 4.70. The van der Waals surface area contributed by atoms with Crippen molar-refractivity contribution >= 4 is 12.4 Å². The highest BCUT2D eigenvalue weighted by atomic mass is 35.5. The largest absolute Gasteiger partial charge is 0.492 e. The highest BCUT2D eigenvalue weighted by Gasteiger charge is 2.13. The summed E-state index contributed by atoms with van der Waals surface area (Å²) in [4.78, 5) is 2.44. The molecule has 0 atom stereocenters. The lowest BCUT2D eigenvalue weighted by atomic mass is 10.3. The number of ether oxygens (including phenoxy) is 3. The topological polar surface area (TPSA) is 30.9 Å². The van der Waals surface area contributed by atoms with Gasteiger partial charge in [-0.25, -0.2) is 0 Å². The van der Waals surface area contributed by atoms with Gasteiger partial charge in [0.1, 0.15) is 25.6 Å². The van der Waals surface area contributed by atoms with Crippen LogP contribution < -0.4 is 14.2 Å². The van der Waals surface area contributed by atoms with Crippen LogP contribution in [-0.2, 0) is 0 Å². The molecule has 2 aliphatic rings. The minimum Gasteiger partial charge on any atom is -0.492 e. The van der Waals surface area contributed by atoms with Crippen molar-refractivity contribution in [2.75, 3.05) is 39.5 Å². The Morgan fingerprint density at radius 1 is 1.05 bits per heavy atom. The van der Waals surface area contributed by atoms with Gasteiger partial charge in [-0.2, -0.15) is 0 Å². The molecule has 0 radical (unpaired) electrons. The third-order valence-electron chi connectivity index (χ3n) is 3.39. The summed E-state index contributed by atoms with van der Waals surface area (Å²) in [6.45, 7) is 5.41. The fourth-order valence-electron chi connectivity index (χ4n) is 2.41. The number of fused-ring (bicyclic) bond motifs is 1. The summed E-state index contributed by atoms with van der Waals surface area (Å²) in [6, 6.07) is 5.77. The molecule has 1 fully saturated rings. The maximum absolute atomic E-state index is 5.76. The second kappa shape index (κ2) is 6.87. The van der Waals surface area contributed by atoms with Crippen LogP contribution in [0.5, 0.6) is 17.2 Å². The third kappa shape index (κ3) is 3.67. The van der Waals surface area contributed by atoms with Gasteiger partial charge in [-0.15, -0.1) is 12.4 Å². The Bertz CT molecular complexity index is 408. The van der Waals surface area contributed by atoms with E-state index in [1.807, 2.05) is 18.2 Å². The van der Waals surface area contributed by atoms with Crippen LogP contribution in [0, 0.1) is 0 Å². The van der Waals surface area contributed by atoms with Crippen molar-refractivity contribution in [3.63, 3.8) is 0 Å². The lowest BCUT2D eigenvalue weighted by Crippen LogP contribution is -2.25. The summed E-state index contributed by atoms with van der Waals surface area (Å²) in [5.74, 6) is 2.46. The van der Waals surface area contributed by atoms with Crippen molar-refractivity contribution in [1.82, 2.24) is 4.90 Å². The number of likely N-dealkylation sites (tertiary alicyclic amines) is 1. The molecule has 1 aromatic rings. The molecule has 2 heterocycles. The van der Waals surface area contributed by atoms with Crippen molar-refractivity contribution in [2.45, 2.75) is 12.8 Å². The van der Waals surface area contributed by atoms with Gasteiger partial charge >= 0.3 is 0 Å². The predicted molar refractivity (Wildman–Crippen MR) is 75.8 cm³/mol. The van der Waals surface area contributed by atoms with Crippen molar-refractivity contribution in [1.29, 1.82) is 0 Å². The van der Waals surface area contributed by atoms with Crippen molar-refractivity contribution < 1.29 is 14.2 Å². The van der Waals surface area contributed by atoms with Gasteiger partial charge in [0.15, 0.2) is 11.5 Å². The van der Waals surface area contributed by atoms with Gasteiger partial charge in [0, 0.05) is 12.6 Å². The summed E-state index contributed by atoms with van der Waals surface area (Å²) in [5, 5.41) is 0. The van der Waals surface area contributed by atoms with Crippen LogP contribution in [0.25, 0.3) is 0 Å². The number of benzene rings is 1. The minimum atomic E-state index is 0. The van der Waals surface area contributed by atoms with Crippen LogP contribution in [0.15, 0.2) is 18.2 Å². The van der Waals surface area contributed by atoms with Crippen LogP contribution in [-0.4, -0.2) is 44.4 Å². The van der Waals surface area contributed by atoms with E-state index in [9.17, 15) is 0 Å². The lowest BCUT2D eigenvalue weighted by Gasteiger charge is -2.19. The predicted octanol–water partition coefficient (Wildman–Crippen LogP) is 2.35. The zero-order valence-corrected chi connectivity index (χ0v) is 11.8. The summed E-state index contributed by atoms with van der Waals surface area (Å²) in [6.07, 6.45) is 2.65. The first-order valence-corrected chi connectivity index (χ1v) is 6.67. The summed E-state index contributed by atoms with van der Waals surface area (Å²) < 4.78 is 16.8. The van der Waals surface area contributed by atoms with E-state index in [2.05, 4.69) is 4.90 Å². The van der Waals surface area contributed by atoms with Crippen LogP contribution in [0.2, 0.25) is 0 Å². The minimum absolute atomic E-state index is 0. The average molecular weight is 286 g/mol. The molecular weight excluding hydrogens is 266 g/mol. The Hall–Kier alpha value is -1.13. The fourth-order valence-corrected chi connectivity index (χ4v) is 2.41. The fraction of sp³-hybridized carbons (Fsp3) is 0.571. The molecule has 3 rings (SSSR count).